The Morgan fingerprint density at radius 1 is 1.39 bits per heavy atom. The molecule has 122 valence electrons. The van der Waals surface area contributed by atoms with E-state index in [0.717, 1.165) is 30.0 Å². The highest BCUT2D eigenvalue weighted by atomic mass is 19.4. The predicted molar refractivity (Wildman–Crippen MR) is 78.1 cm³/mol. The summed E-state index contributed by atoms with van der Waals surface area (Å²) in [5.74, 6) is -0.137. The van der Waals surface area contributed by atoms with Crippen LogP contribution in [0, 0.1) is 6.92 Å². The molecule has 0 unspecified atom stereocenters. The maximum absolute atomic E-state index is 12.5. The number of aromatic amines is 1. The smallest absolute Gasteiger partial charge is 0.357 e. The van der Waals surface area contributed by atoms with E-state index in [-0.39, 0.29) is 11.9 Å². The number of pyridine rings is 1. The van der Waals surface area contributed by atoms with E-state index in [9.17, 15) is 18.0 Å². The highest BCUT2D eigenvalue weighted by Gasteiger charge is 2.32. The van der Waals surface area contributed by atoms with Crippen LogP contribution >= 0.6 is 0 Å². The first-order valence-corrected chi connectivity index (χ1v) is 7.34. The van der Waals surface area contributed by atoms with E-state index in [0.29, 0.717) is 17.7 Å². The lowest BCUT2D eigenvalue weighted by Gasteiger charge is -2.07. The van der Waals surface area contributed by atoms with E-state index >= 15 is 0 Å². The first-order valence-electron chi connectivity index (χ1n) is 7.34. The Bertz CT molecular complexity index is 715. The van der Waals surface area contributed by atoms with Gasteiger partial charge < -0.3 is 10.3 Å². The molecule has 0 aromatic carbocycles. The van der Waals surface area contributed by atoms with Crippen molar-refractivity contribution in [2.24, 2.45) is 0 Å². The van der Waals surface area contributed by atoms with Gasteiger partial charge in [-0.05, 0) is 42.5 Å². The molecule has 0 radical (unpaired) electrons. The summed E-state index contributed by atoms with van der Waals surface area (Å²) < 4.78 is 37.5. The highest BCUT2D eigenvalue weighted by Crippen LogP contribution is 2.27. The van der Waals surface area contributed by atoms with Gasteiger partial charge in [0.05, 0.1) is 0 Å². The number of amides is 1. The van der Waals surface area contributed by atoms with Crippen molar-refractivity contribution < 1.29 is 18.0 Å². The lowest BCUT2D eigenvalue weighted by Crippen LogP contribution is -2.26. The molecule has 0 aliphatic heterocycles. The van der Waals surface area contributed by atoms with Crippen molar-refractivity contribution in [2.75, 3.05) is 0 Å². The SMILES string of the molecule is Cc1c(Cc2ccc(C(F)(F)F)nc2)c[nH]c1C(=O)NC1CC1. The number of hydrogen-bond acceptors (Lipinski definition) is 2. The fourth-order valence-corrected chi connectivity index (χ4v) is 2.36. The molecular formula is C16H16F3N3O. The summed E-state index contributed by atoms with van der Waals surface area (Å²) in [6.45, 7) is 1.82. The number of nitrogens with one attached hydrogen (secondary N) is 2. The van der Waals surface area contributed by atoms with Crippen LogP contribution in [0.3, 0.4) is 0 Å². The fraction of sp³-hybridized carbons (Fsp3) is 0.375. The molecule has 2 heterocycles. The monoisotopic (exact) mass is 323 g/mol. The summed E-state index contributed by atoms with van der Waals surface area (Å²) in [7, 11) is 0. The van der Waals surface area contributed by atoms with E-state index in [4.69, 9.17) is 0 Å². The van der Waals surface area contributed by atoms with E-state index < -0.39 is 11.9 Å². The van der Waals surface area contributed by atoms with Crippen molar-refractivity contribution in [2.45, 2.75) is 38.4 Å². The minimum Gasteiger partial charge on any atom is -0.357 e. The van der Waals surface area contributed by atoms with Crippen LogP contribution in [0.1, 0.15) is 45.7 Å². The minimum absolute atomic E-state index is 0.137. The molecule has 4 nitrogen and oxygen atoms in total. The number of halogens is 3. The van der Waals surface area contributed by atoms with E-state index in [1.165, 1.54) is 12.3 Å². The molecule has 0 atom stereocenters. The van der Waals surface area contributed by atoms with Gasteiger partial charge in [-0.25, -0.2) is 0 Å². The number of rotatable bonds is 4. The molecule has 1 amide bonds. The molecule has 1 fully saturated rings. The minimum atomic E-state index is -4.43. The second-order valence-corrected chi connectivity index (χ2v) is 5.79. The summed E-state index contributed by atoms with van der Waals surface area (Å²) >= 11 is 0. The normalized spacial score (nSPS) is 14.8. The zero-order chi connectivity index (χ0) is 16.6. The Labute approximate surface area is 131 Å². The number of H-pyrrole nitrogens is 1. The van der Waals surface area contributed by atoms with Gasteiger partial charge in [0.25, 0.3) is 5.91 Å². The Hall–Kier alpha value is -2.31. The van der Waals surface area contributed by atoms with Gasteiger partial charge in [0.15, 0.2) is 0 Å². The molecule has 7 heteroatoms. The third-order valence-corrected chi connectivity index (χ3v) is 3.90. The second kappa shape index (κ2) is 5.72. The third-order valence-electron chi connectivity index (χ3n) is 3.90. The molecule has 2 N–H and O–H groups in total. The quantitative estimate of drug-likeness (QED) is 0.907. The van der Waals surface area contributed by atoms with Crippen molar-refractivity contribution in [1.82, 2.24) is 15.3 Å². The third kappa shape index (κ3) is 3.55. The largest absolute Gasteiger partial charge is 0.433 e. The van der Waals surface area contributed by atoms with Gasteiger partial charge in [-0.2, -0.15) is 13.2 Å². The molecule has 0 bridgehead atoms. The molecule has 1 saturated carbocycles. The Balaban J connectivity index is 1.73. The van der Waals surface area contributed by atoms with Crippen LogP contribution < -0.4 is 5.32 Å². The maximum Gasteiger partial charge on any atom is 0.433 e. The molecule has 1 aliphatic rings. The Kier molecular flexibility index (Phi) is 3.87. The average molecular weight is 323 g/mol. The van der Waals surface area contributed by atoms with Gasteiger partial charge in [0.2, 0.25) is 0 Å². The number of nitrogens with zero attached hydrogens (tertiary/aromatic N) is 1. The molecule has 2 aromatic heterocycles. The lowest BCUT2D eigenvalue weighted by molar-refractivity contribution is -0.141. The van der Waals surface area contributed by atoms with Crippen LogP contribution in [0.25, 0.3) is 0 Å². The number of alkyl halides is 3. The summed E-state index contributed by atoms with van der Waals surface area (Å²) in [6.07, 6.45) is 0.944. The summed E-state index contributed by atoms with van der Waals surface area (Å²) in [5, 5.41) is 2.90. The fourth-order valence-electron chi connectivity index (χ4n) is 2.36. The van der Waals surface area contributed by atoms with Crippen LogP contribution in [0.15, 0.2) is 24.5 Å². The van der Waals surface area contributed by atoms with Crippen LogP contribution in [0.5, 0.6) is 0 Å². The standard InChI is InChI=1S/C16H16F3N3O/c1-9-11(8-21-14(9)15(23)22-12-3-4-12)6-10-2-5-13(20-7-10)16(17,18)19/h2,5,7-8,12,21H,3-4,6H2,1H3,(H,22,23). The topological polar surface area (TPSA) is 57.8 Å². The van der Waals surface area contributed by atoms with Gasteiger partial charge in [-0.1, -0.05) is 6.07 Å². The molecule has 3 rings (SSSR count). The number of carbonyl (C=O) groups excluding carboxylic acids is 1. The van der Waals surface area contributed by atoms with E-state index in [1.54, 1.807) is 6.20 Å². The Morgan fingerprint density at radius 2 is 2.13 bits per heavy atom. The van der Waals surface area contributed by atoms with E-state index in [1.807, 2.05) is 6.92 Å². The second-order valence-electron chi connectivity index (χ2n) is 5.79. The molecule has 23 heavy (non-hydrogen) atoms. The summed E-state index contributed by atoms with van der Waals surface area (Å²) in [4.78, 5) is 18.5. The maximum atomic E-state index is 12.5. The first-order chi connectivity index (χ1) is 10.8. The van der Waals surface area contributed by atoms with Gasteiger partial charge in [0.1, 0.15) is 11.4 Å². The number of carbonyl (C=O) groups is 1. The van der Waals surface area contributed by atoms with Gasteiger partial charge in [-0.3, -0.25) is 9.78 Å². The van der Waals surface area contributed by atoms with Crippen molar-refractivity contribution in [3.8, 4) is 0 Å². The van der Waals surface area contributed by atoms with Crippen molar-refractivity contribution in [1.29, 1.82) is 0 Å². The van der Waals surface area contributed by atoms with Gasteiger partial charge in [-0.15, -0.1) is 0 Å². The summed E-state index contributed by atoms with van der Waals surface area (Å²) in [6, 6.07) is 2.65. The van der Waals surface area contributed by atoms with E-state index in [2.05, 4.69) is 15.3 Å². The van der Waals surface area contributed by atoms with Gasteiger partial charge in [0, 0.05) is 24.9 Å². The predicted octanol–water partition coefficient (Wildman–Crippen LogP) is 3.22. The lowest BCUT2D eigenvalue weighted by atomic mass is 10.0. The van der Waals surface area contributed by atoms with Crippen LogP contribution in [0.4, 0.5) is 13.2 Å². The van der Waals surface area contributed by atoms with Crippen LogP contribution in [-0.2, 0) is 12.6 Å². The van der Waals surface area contributed by atoms with Crippen molar-refractivity contribution in [3.63, 3.8) is 0 Å². The van der Waals surface area contributed by atoms with Crippen LogP contribution in [-0.4, -0.2) is 21.9 Å². The Morgan fingerprint density at radius 3 is 2.70 bits per heavy atom. The zero-order valence-corrected chi connectivity index (χ0v) is 12.5. The molecule has 2 aromatic rings. The molecule has 0 spiro atoms. The molecular weight excluding hydrogens is 307 g/mol. The zero-order valence-electron chi connectivity index (χ0n) is 12.5. The number of aromatic nitrogens is 2. The average Bonchev–Trinajstić information content (AvgIpc) is 3.22. The summed E-state index contributed by atoms with van der Waals surface area (Å²) in [5.41, 5.74) is 1.94. The number of hydrogen-bond donors (Lipinski definition) is 2. The highest BCUT2D eigenvalue weighted by molar-refractivity contribution is 5.94. The van der Waals surface area contributed by atoms with Crippen LogP contribution in [0.2, 0.25) is 0 Å². The molecule has 0 saturated heterocycles. The molecule has 1 aliphatic carbocycles. The van der Waals surface area contributed by atoms with Gasteiger partial charge >= 0.3 is 6.18 Å². The van der Waals surface area contributed by atoms with Crippen molar-refractivity contribution >= 4 is 5.91 Å². The first kappa shape index (κ1) is 15.6. The van der Waals surface area contributed by atoms with Crippen molar-refractivity contribution in [3.05, 3.63) is 52.6 Å².